The second-order valence-corrected chi connectivity index (χ2v) is 10.7. The van der Waals surface area contributed by atoms with Crippen molar-refractivity contribution in [2.75, 3.05) is 12.4 Å². The smallest absolute Gasteiger partial charge is 0.326 e. The molecule has 1 heterocycles. The Kier molecular flexibility index (Phi) is 8.57. The molecule has 0 aliphatic carbocycles. The van der Waals surface area contributed by atoms with Crippen molar-refractivity contribution >= 4 is 43.3 Å². The topological polar surface area (TPSA) is 94.8 Å². The SMILES string of the molecule is CCCCc1ccc2c(c1)sc(=NC(=O)CCS(=O)(=O)c1ccccc1)n2CC(=O)OCC. The molecule has 7 nitrogen and oxygen atoms in total. The van der Waals surface area contributed by atoms with E-state index in [0.717, 1.165) is 29.5 Å². The van der Waals surface area contributed by atoms with Crippen molar-refractivity contribution < 1.29 is 22.7 Å². The average molecular weight is 489 g/mol. The summed E-state index contributed by atoms with van der Waals surface area (Å²) in [6, 6.07) is 14.0. The molecule has 0 aliphatic rings. The first kappa shape index (κ1) is 24.9. The third-order valence-electron chi connectivity index (χ3n) is 5.07. The second kappa shape index (κ2) is 11.4. The van der Waals surface area contributed by atoms with Gasteiger partial charge in [0.25, 0.3) is 0 Å². The van der Waals surface area contributed by atoms with E-state index in [1.165, 1.54) is 29.0 Å². The molecule has 0 saturated carbocycles. The van der Waals surface area contributed by atoms with Crippen LogP contribution < -0.4 is 4.80 Å². The third-order valence-corrected chi connectivity index (χ3v) is 7.84. The average Bonchev–Trinajstić information content (AvgIpc) is 3.13. The molecule has 2 aromatic carbocycles. The first-order valence-corrected chi connectivity index (χ1v) is 13.4. The summed E-state index contributed by atoms with van der Waals surface area (Å²) in [5.41, 5.74) is 1.97. The number of thiazole rings is 1. The van der Waals surface area contributed by atoms with Crippen LogP contribution in [0.1, 0.15) is 38.7 Å². The first-order valence-electron chi connectivity index (χ1n) is 11.0. The number of rotatable bonds is 10. The number of nitrogens with zero attached hydrogens (tertiary/aromatic N) is 2. The van der Waals surface area contributed by atoms with E-state index in [1.54, 1.807) is 29.7 Å². The maximum absolute atomic E-state index is 12.6. The summed E-state index contributed by atoms with van der Waals surface area (Å²) < 4.78 is 32.6. The Balaban J connectivity index is 1.90. The van der Waals surface area contributed by atoms with E-state index in [2.05, 4.69) is 18.0 Å². The lowest BCUT2D eigenvalue weighted by Gasteiger charge is -2.06. The molecule has 1 amide bonds. The molecule has 0 spiro atoms. The zero-order valence-electron chi connectivity index (χ0n) is 18.8. The van der Waals surface area contributed by atoms with Gasteiger partial charge >= 0.3 is 5.97 Å². The Hall–Kier alpha value is -2.78. The van der Waals surface area contributed by atoms with Crippen molar-refractivity contribution in [1.29, 1.82) is 0 Å². The minimum atomic E-state index is -3.58. The summed E-state index contributed by atoms with van der Waals surface area (Å²) in [6.07, 6.45) is 2.87. The monoisotopic (exact) mass is 488 g/mol. The number of hydrogen-bond acceptors (Lipinski definition) is 6. The first-order chi connectivity index (χ1) is 15.8. The van der Waals surface area contributed by atoms with Gasteiger partial charge in [-0.3, -0.25) is 9.59 Å². The summed E-state index contributed by atoms with van der Waals surface area (Å²) in [6.45, 7) is 4.05. The minimum absolute atomic E-state index is 0.0728. The van der Waals surface area contributed by atoms with Crippen LogP contribution in [-0.2, 0) is 37.1 Å². The fourth-order valence-electron chi connectivity index (χ4n) is 3.36. The fraction of sp³-hybridized carbons (Fsp3) is 0.375. The van der Waals surface area contributed by atoms with Gasteiger partial charge in [-0.05, 0) is 49.6 Å². The number of amides is 1. The lowest BCUT2D eigenvalue weighted by molar-refractivity contribution is -0.143. The molecule has 3 rings (SSSR count). The molecule has 0 radical (unpaired) electrons. The lowest BCUT2D eigenvalue weighted by Crippen LogP contribution is -2.23. The largest absolute Gasteiger partial charge is 0.465 e. The van der Waals surface area contributed by atoms with Crippen LogP contribution in [0.5, 0.6) is 0 Å². The summed E-state index contributed by atoms with van der Waals surface area (Å²) in [7, 11) is -3.58. The van der Waals surface area contributed by atoms with Crippen molar-refractivity contribution in [3.63, 3.8) is 0 Å². The van der Waals surface area contributed by atoms with E-state index in [-0.39, 0.29) is 30.2 Å². The third kappa shape index (κ3) is 6.61. The molecular weight excluding hydrogens is 460 g/mol. The molecule has 1 aromatic heterocycles. The van der Waals surface area contributed by atoms with Gasteiger partial charge in [-0.15, -0.1) is 0 Å². The van der Waals surface area contributed by atoms with Gasteiger partial charge in [-0.2, -0.15) is 4.99 Å². The van der Waals surface area contributed by atoms with Crippen LogP contribution >= 0.6 is 11.3 Å². The van der Waals surface area contributed by atoms with E-state index in [0.29, 0.717) is 4.80 Å². The molecule has 33 heavy (non-hydrogen) atoms. The summed E-state index contributed by atoms with van der Waals surface area (Å²) >= 11 is 1.31. The zero-order valence-corrected chi connectivity index (χ0v) is 20.5. The standard InChI is InChI=1S/C24H28N2O5S2/c1-3-5-9-18-12-13-20-21(16-18)32-24(26(20)17-23(28)31-4-2)25-22(27)14-15-33(29,30)19-10-7-6-8-11-19/h6-8,10-13,16H,3-5,9,14-15,17H2,1-2H3. The Morgan fingerprint density at radius 2 is 1.85 bits per heavy atom. The number of benzene rings is 2. The number of aromatic nitrogens is 1. The van der Waals surface area contributed by atoms with E-state index < -0.39 is 21.7 Å². The van der Waals surface area contributed by atoms with E-state index >= 15 is 0 Å². The minimum Gasteiger partial charge on any atom is -0.465 e. The maximum Gasteiger partial charge on any atom is 0.326 e. The van der Waals surface area contributed by atoms with Gasteiger partial charge in [0.2, 0.25) is 5.91 Å². The molecule has 0 atom stereocenters. The molecule has 176 valence electrons. The number of aryl methyl sites for hydroxylation is 1. The molecule has 0 saturated heterocycles. The zero-order chi connectivity index (χ0) is 23.8. The van der Waals surface area contributed by atoms with Gasteiger partial charge in [0, 0.05) is 6.42 Å². The number of carbonyl (C=O) groups is 2. The Morgan fingerprint density at radius 1 is 1.09 bits per heavy atom. The van der Waals surface area contributed by atoms with Crippen LogP contribution in [0.4, 0.5) is 0 Å². The fourth-order valence-corrected chi connectivity index (χ4v) is 5.72. The van der Waals surface area contributed by atoms with Gasteiger partial charge in [-0.25, -0.2) is 8.42 Å². The summed E-state index contributed by atoms with van der Waals surface area (Å²) in [5, 5.41) is 0. The number of carbonyl (C=O) groups excluding carboxylic acids is 2. The lowest BCUT2D eigenvalue weighted by atomic mass is 10.1. The molecule has 0 aliphatic heterocycles. The van der Waals surface area contributed by atoms with Crippen molar-refractivity contribution in [1.82, 2.24) is 4.57 Å². The maximum atomic E-state index is 12.6. The predicted molar refractivity (Wildman–Crippen MR) is 129 cm³/mol. The predicted octanol–water partition coefficient (Wildman–Crippen LogP) is 3.90. The quantitative estimate of drug-likeness (QED) is 0.404. The van der Waals surface area contributed by atoms with Crippen molar-refractivity contribution in [2.24, 2.45) is 4.99 Å². The molecule has 3 aromatic rings. The number of unbranched alkanes of at least 4 members (excludes halogenated alkanes) is 1. The van der Waals surface area contributed by atoms with Crippen LogP contribution in [0, 0.1) is 0 Å². The molecule has 0 unspecified atom stereocenters. The van der Waals surface area contributed by atoms with E-state index in [9.17, 15) is 18.0 Å². The van der Waals surface area contributed by atoms with Crippen LogP contribution in [0.3, 0.4) is 0 Å². The highest BCUT2D eigenvalue weighted by atomic mass is 32.2. The summed E-state index contributed by atoms with van der Waals surface area (Å²) in [4.78, 5) is 29.5. The van der Waals surface area contributed by atoms with Gasteiger partial charge in [0.05, 0.1) is 27.5 Å². The molecule has 9 heteroatoms. The highest BCUT2D eigenvalue weighted by molar-refractivity contribution is 7.91. The number of esters is 1. The summed E-state index contributed by atoms with van der Waals surface area (Å²) in [5.74, 6) is -1.30. The van der Waals surface area contributed by atoms with Gasteiger partial charge in [0.1, 0.15) is 6.54 Å². The van der Waals surface area contributed by atoms with Gasteiger partial charge in [0.15, 0.2) is 14.6 Å². The van der Waals surface area contributed by atoms with Crippen LogP contribution in [0.2, 0.25) is 0 Å². The number of sulfone groups is 1. The highest BCUT2D eigenvalue weighted by Crippen LogP contribution is 2.21. The van der Waals surface area contributed by atoms with Crippen molar-refractivity contribution in [2.45, 2.75) is 51.0 Å². The Labute approximate surface area is 197 Å². The van der Waals surface area contributed by atoms with E-state index in [1.807, 2.05) is 12.1 Å². The Bertz CT molecular complexity index is 1290. The van der Waals surface area contributed by atoms with Crippen LogP contribution in [0.15, 0.2) is 58.4 Å². The number of ether oxygens (including phenoxy) is 1. The van der Waals surface area contributed by atoms with Crippen molar-refractivity contribution in [3.05, 3.63) is 58.9 Å². The van der Waals surface area contributed by atoms with E-state index in [4.69, 9.17) is 4.74 Å². The molecule has 0 fully saturated rings. The Morgan fingerprint density at radius 3 is 2.55 bits per heavy atom. The van der Waals surface area contributed by atoms with Crippen LogP contribution in [-0.4, -0.2) is 37.2 Å². The van der Waals surface area contributed by atoms with Crippen LogP contribution in [0.25, 0.3) is 10.2 Å². The van der Waals surface area contributed by atoms with Gasteiger partial charge in [-0.1, -0.05) is 48.9 Å². The second-order valence-electron chi connectivity index (χ2n) is 7.57. The number of fused-ring (bicyclic) bond motifs is 1. The highest BCUT2D eigenvalue weighted by Gasteiger charge is 2.17. The molecular formula is C24H28N2O5S2. The normalized spacial score (nSPS) is 12.2. The number of hydrogen-bond donors (Lipinski definition) is 0. The van der Waals surface area contributed by atoms with Crippen molar-refractivity contribution in [3.8, 4) is 0 Å². The molecule has 0 N–H and O–H groups in total. The molecule has 0 bridgehead atoms. The van der Waals surface area contributed by atoms with Gasteiger partial charge < -0.3 is 9.30 Å².